The summed E-state index contributed by atoms with van der Waals surface area (Å²) >= 11 is 3.55. The quantitative estimate of drug-likeness (QED) is 0.295. The lowest BCUT2D eigenvalue weighted by Gasteiger charge is -2.24. The molecule has 0 spiro atoms. The summed E-state index contributed by atoms with van der Waals surface area (Å²) in [5.74, 6) is 1.28. The van der Waals surface area contributed by atoms with Gasteiger partial charge in [-0.15, -0.1) is 0 Å². The molecule has 1 fully saturated rings. The van der Waals surface area contributed by atoms with Crippen molar-refractivity contribution in [2.75, 3.05) is 26.8 Å². The van der Waals surface area contributed by atoms with E-state index < -0.39 is 12.9 Å². The second-order valence-corrected chi connectivity index (χ2v) is 10.5. The van der Waals surface area contributed by atoms with Crippen LogP contribution < -0.4 is 9.47 Å². The Morgan fingerprint density at radius 1 is 1.21 bits per heavy atom. The first kappa shape index (κ1) is 24.6. The molecule has 1 aromatic rings. The minimum absolute atomic E-state index is 0.0506. The number of hydrogen-bond donors (Lipinski definition) is 3. The Kier molecular flexibility index (Phi) is 9.45. The third-order valence-corrected chi connectivity index (χ3v) is 7.33. The van der Waals surface area contributed by atoms with E-state index in [2.05, 4.69) is 22.9 Å². The van der Waals surface area contributed by atoms with Crippen LogP contribution in [0.3, 0.4) is 0 Å². The summed E-state index contributed by atoms with van der Waals surface area (Å²) in [5, 5.41) is 8.24. The van der Waals surface area contributed by atoms with Crippen molar-refractivity contribution in [1.82, 2.24) is 4.90 Å². The number of ether oxygens (including phenoxy) is 2. The predicted octanol–water partition coefficient (Wildman–Crippen LogP) is 4.27. The van der Waals surface area contributed by atoms with Crippen molar-refractivity contribution in [3.05, 3.63) is 22.2 Å². The molecule has 166 valence electrons. The molecule has 1 heterocycles. The zero-order valence-electron chi connectivity index (χ0n) is 17.3. The van der Waals surface area contributed by atoms with Gasteiger partial charge in [0.2, 0.25) is 0 Å². The van der Waals surface area contributed by atoms with Crippen molar-refractivity contribution in [1.29, 1.82) is 0 Å². The van der Waals surface area contributed by atoms with E-state index >= 15 is 0 Å². The molecule has 1 aliphatic heterocycles. The van der Waals surface area contributed by atoms with Gasteiger partial charge in [0.05, 0.1) is 18.2 Å². The lowest BCUT2D eigenvalue weighted by atomic mass is 10.1. The summed E-state index contributed by atoms with van der Waals surface area (Å²) in [6.07, 6.45) is 7.21. The number of likely N-dealkylation sites (tertiary alicyclic amines) is 1. The van der Waals surface area contributed by atoms with Gasteiger partial charge in [-0.2, -0.15) is 0 Å². The van der Waals surface area contributed by atoms with Crippen LogP contribution in [0.25, 0.3) is 0 Å². The Bertz CT molecular complexity index is 712. The molecule has 1 aliphatic rings. The molecule has 1 atom stereocenters. The maximum atomic E-state index is 11.5. The minimum Gasteiger partial charge on any atom is -0.493 e. The molecule has 3 N–H and O–H groups in total. The third-order valence-electron chi connectivity index (χ3n) is 5.29. The molecular weight excluding hydrogens is 461 g/mol. The third kappa shape index (κ3) is 6.94. The van der Waals surface area contributed by atoms with Crippen LogP contribution in [0, 0.1) is 0 Å². The molecule has 1 unspecified atom stereocenters. The SMILES string of the molecule is CCCCCCCCOc1c(Br)cc(CN2CCC(O)(P(=O)(O)O)C2)cc1OC. The number of β-amino-alcohol motifs (C(OH)–C–C–N with tert-alkyl or cyclic N) is 1. The Labute approximate surface area is 181 Å². The van der Waals surface area contributed by atoms with E-state index in [0.717, 1.165) is 22.9 Å². The predicted molar refractivity (Wildman–Crippen MR) is 116 cm³/mol. The first-order valence-corrected chi connectivity index (χ1v) is 12.6. The minimum atomic E-state index is -4.57. The van der Waals surface area contributed by atoms with Gasteiger partial charge in [-0.05, 0) is 40.0 Å². The van der Waals surface area contributed by atoms with E-state index in [0.29, 0.717) is 31.2 Å². The molecule has 2 rings (SSSR count). The highest BCUT2D eigenvalue weighted by Crippen LogP contribution is 2.53. The second kappa shape index (κ2) is 11.1. The highest BCUT2D eigenvalue weighted by atomic mass is 79.9. The molecule has 0 saturated carbocycles. The van der Waals surface area contributed by atoms with Crippen LogP contribution in [0.15, 0.2) is 16.6 Å². The molecule has 0 aliphatic carbocycles. The molecule has 1 saturated heterocycles. The van der Waals surface area contributed by atoms with Gasteiger partial charge in [-0.3, -0.25) is 9.46 Å². The summed E-state index contributed by atoms with van der Waals surface area (Å²) in [5.41, 5.74) is 0.913. The van der Waals surface area contributed by atoms with Gasteiger partial charge in [-0.25, -0.2) is 0 Å². The normalized spacial score (nSPS) is 20.2. The molecule has 29 heavy (non-hydrogen) atoms. The van der Waals surface area contributed by atoms with Crippen molar-refractivity contribution >= 4 is 23.5 Å². The average Bonchev–Trinajstić information content (AvgIpc) is 3.04. The van der Waals surface area contributed by atoms with E-state index in [1.165, 1.54) is 25.7 Å². The first-order chi connectivity index (χ1) is 13.7. The number of benzene rings is 1. The number of methoxy groups -OCH3 is 1. The van der Waals surface area contributed by atoms with E-state index in [-0.39, 0.29) is 13.0 Å². The molecule has 0 radical (unpaired) electrons. The fourth-order valence-corrected chi connectivity index (χ4v) is 4.92. The standard InChI is InChI=1S/C20H33BrNO6P/c1-3-4-5-6-7-8-11-28-19-17(21)12-16(13-18(19)27-2)14-22-10-9-20(23,15-22)29(24,25)26/h12-13,23H,3-11,14-15H2,1-2H3,(H2,24,25,26). The zero-order valence-corrected chi connectivity index (χ0v) is 19.8. The van der Waals surface area contributed by atoms with Crippen LogP contribution >= 0.6 is 23.5 Å². The Balaban J connectivity index is 1.93. The van der Waals surface area contributed by atoms with Crippen LogP contribution in [-0.4, -0.2) is 51.9 Å². The van der Waals surface area contributed by atoms with Gasteiger partial charge in [0.15, 0.2) is 16.8 Å². The highest BCUT2D eigenvalue weighted by Gasteiger charge is 2.49. The topological polar surface area (TPSA) is 99.5 Å². The summed E-state index contributed by atoms with van der Waals surface area (Å²) in [7, 11) is -2.98. The van der Waals surface area contributed by atoms with Gasteiger partial charge in [0.25, 0.3) is 0 Å². The summed E-state index contributed by atoms with van der Waals surface area (Å²) < 4.78 is 23.7. The second-order valence-electron chi connectivity index (χ2n) is 7.71. The van der Waals surface area contributed by atoms with E-state index in [1.54, 1.807) is 7.11 Å². The summed E-state index contributed by atoms with van der Waals surface area (Å²) in [6.45, 7) is 3.64. The number of unbranched alkanes of at least 4 members (excludes halogenated alkanes) is 5. The molecule has 1 aromatic carbocycles. The number of aliphatic hydroxyl groups is 1. The van der Waals surface area contributed by atoms with Crippen molar-refractivity contribution in [3.63, 3.8) is 0 Å². The van der Waals surface area contributed by atoms with Crippen molar-refractivity contribution in [3.8, 4) is 11.5 Å². The van der Waals surface area contributed by atoms with Crippen molar-refractivity contribution in [2.45, 2.75) is 63.8 Å². The van der Waals surface area contributed by atoms with Crippen LogP contribution in [0.1, 0.15) is 57.4 Å². The number of rotatable bonds is 12. The molecular formula is C20H33BrNO6P. The zero-order chi connectivity index (χ0) is 21.5. The fourth-order valence-electron chi connectivity index (χ4n) is 3.55. The maximum absolute atomic E-state index is 11.5. The Hall–Kier alpha value is -0.630. The van der Waals surface area contributed by atoms with Gasteiger partial charge < -0.3 is 24.4 Å². The van der Waals surface area contributed by atoms with Crippen LogP contribution in [0.2, 0.25) is 0 Å². The monoisotopic (exact) mass is 493 g/mol. The van der Waals surface area contributed by atoms with E-state index in [4.69, 9.17) is 9.47 Å². The number of halogens is 1. The van der Waals surface area contributed by atoms with Crippen LogP contribution in [-0.2, 0) is 11.1 Å². The summed E-state index contributed by atoms with van der Waals surface area (Å²) in [6, 6.07) is 3.80. The largest absolute Gasteiger partial charge is 0.493 e. The Morgan fingerprint density at radius 2 is 1.90 bits per heavy atom. The van der Waals surface area contributed by atoms with Crippen molar-refractivity contribution in [2.24, 2.45) is 0 Å². The fraction of sp³-hybridized carbons (Fsp3) is 0.700. The van der Waals surface area contributed by atoms with Gasteiger partial charge in [0.1, 0.15) is 0 Å². The summed E-state index contributed by atoms with van der Waals surface area (Å²) in [4.78, 5) is 20.6. The molecule has 0 amide bonds. The first-order valence-electron chi connectivity index (χ1n) is 10.2. The van der Waals surface area contributed by atoms with Gasteiger partial charge in [-0.1, -0.05) is 39.0 Å². The molecule has 9 heteroatoms. The van der Waals surface area contributed by atoms with Gasteiger partial charge in [0, 0.05) is 26.1 Å². The van der Waals surface area contributed by atoms with E-state index in [9.17, 15) is 19.5 Å². The highest BCUT2D eigenvalue weighted by molar-refractivity contribution is 9.10. The van der Waals surface area contributed by atoms with Crippen molar-refractivity contribution < 1.29 is 28.9 Å². The number of hydrogen-bond acceptors (Lipinski definition) is 5. The number of nitrogens with zero attached hydrogens (tertiary/aromatic N) is 1. The molecule has 0 aromatic heterocycles. The van der Waals surface area contributed by atoms with Gasteiger partial charge >= 0.3 is 7.60 Å². The molecule has 7 nitrogen and oxygen atoms in total. The van der Waals surface area contributed by atoms with E-state index in [1.807, 2.05) is 17.0 Å². The Morgan fingerprint density at radius 3 is 2.52 bits per heavy atom. The smallest absolute Gasteiger partial charge is 0.358 e. The maximum Gasteiger partial charge on any atom is 0.358 e. The van der Waals surface area contributed by atoms with Crippen LogP contribution in [0.5, 0.6) is 11.5 Å². The van der Waals surface area contributed by atoms with Crippen LogP contribution in [0.4, 0.5) is 0 Å². The molecule has 0 bridgehead atoms. The average molecular weight is 494 g/mol. The lowest BCUT2D eigenvalue weighted by molar-refractivity contribution is 0.0962. The lowest BCUT2D eigenvalue weighted by Crippen LogP contribution is -2.32.